The van der Waals surface area contributed by atoms with E-state index in [1.54, 1.807) is 6.20 Å². The highest BCUT2D eigenvalue weighted by Crippen LogP contribution is 2.29. The van der Waals surface area contributed by atoms with Gasteiger partial charge in [-0.25, -0.2) is 0 Å². The number of aliphatic carboxylic acids is 1. The maximum Gasteiger partial charge on any atom is 0.303 e. The minimum atomic E-state index is -0.964. The molecule has 0 spiro atoms. The van der Waals surface area contributed by atoms with Crippen LogP contribution in [0.5, 0.6) is 0 Å². The maximum atomic E-state index is 11.9. The number of carbonyl (C=O) groups excluding carboxylic acids is 1. The molecule has 1 amide bonds. The number of carboxylic acid groups (broad SMARTS) is 1. The average molecular weight is 367 g/mol. The van der Waals surface area contributed by atoms with Gasteiger partial charge >= 0.3 is 5.97 Å². The first-order chi connectivity index (χ1) is 13.0. The number of aromatic amines is 1. The molecule has 7 nitrogen and oxygen atoms in total. The molecule has 0 saturated heterocycles. The number of aliphatic hydroxyl groups is 1. The fourth-order valence-electron chi connectivity index (χ4n) is 2.83. The standard InChI is InChI=1S/C20H21N3O4/c21-16(11-24)20(27)23-18-10-22-17-9-14(6-7-15(17)18)13-4-1-12(2-5-13)3-8-19(25)26/h1-2,4-7,9-10,16,22,24H,3,8,11,21H2,(H,23,27)(H,25,26)/t16-/m1/s1. The molecule has 7 heteroatoms. The molecule has 6 N–H and O–H groups in total. The smallest absolute Gasteiger partial charge is 0.303 e. The van der Waals surface area contributed by atoms with Crippen LogP contribution in [0.15, 0.2) is 48.7 Å². The normalized spacial score (nSPS) is 12.1. The molecule has 140 valence electrons. The Morgan fingerprint density at radius 2 is 1.81 bits per heavy atom. The monoisotopic (exact) mass is 367 g/mol. The summed E-state index contributed by atoms with van der Waals surface area (Å²) in [6.45, 7) is -0.416. The predicted molar refractivity (Wildman–Crippen MR) is 103 cm³/mol. The van der Waals surface area contributed by atoms with E-state index in [1.165, 1.54) is 0 Å². The lowest BCUT2D eigenvalue weighted by molar-refractivity contribution is -0.137. The van der Waals surface area contributed by atoms with Crippen LogP contribution >= 0.6 is 0 Å². The van der Waals surface area contributed by atoms with E-state index >= 15 is 0 Å². The van der Waals surface area contributed by atoms with Gasteiger partial charge in [-0.1, -0.05) is 36.4 Å². The molecule has 0 saturated carbocycles. The van der Waals surface area contributed by atoms with Crippen molar-refractivity contribution in [3.8, 4) is 11.1 Å². The molecule has 0 aliphatic rings. The second kappa shape index (κ2) is 8.03. The summed E-state index contributed by atoms with van der Waals surface area (Å²) in [6.07, 6.45) is 2.30. The minimum absolute atomic E-state index is 0.113. The van der Waals surface area contributed by atoms with Gasteiger partial charge in [0.05, 0.1) is 12.3 Å². The summed E-state index contributed by atoms with van der Waals surface area (Å²) in [6, 6.07) is 12.6. The van der Waals surface area contributed by atoms with Crippen molar-refractivity contribution in [3.63, 3.8) is 0 Å². The molecule has 1 heterocycles. The topological polar surface area (TPSA) is 128 Å². The molecule has 0 aliphatic heterocycles. The van der Waals surface area contributed by atoms with Crippen LogP contribution in [0.2, 0.25) is 0 Å². The minimum Gasteiger partial charge on any atom is -0.481 e. The number of nitrogens with two attached hydrogens (primary N) is 1. The highest BCUT2D eigenvalue weighted by Gasteiger charge is 2.14. The number of hydrogen-bond donors (Lipinski definition) is 5. The van der Waals surface area contributed by atoms with Gasteiger partial charge in [0.2, 0.25) is 5.91 Å². The Balaban J connectivity index is 1.79. The molecule has 1 atom stereocenters. The van der Waals surface area contributed by atoms with Crippen LogP contribution < -0.4 is 11.1 Å². The largest absolute Gasteiger partial charge is 0.481 e. The van der Waals surface area contributed by atoms with Crippen LogP contribution in [0.25, 0.3) is 22.0 Å². The van der Waals surface area contributed by atoms with Crippen LogP contribution in [0.4, 0.5) is 5.69 Å². The lowest BCUT2D eigenvalue weighted by atomic mass is 10.0. The zero-order chi connectivity index (χ0) is 19.4. The summed E-state index contributed by atoms with van der Waals surface area (Å²) in [5.74, 6) is -1.25. The van der Waals surface area contributed by atoms with Crippen LogP contribution in [-0.4, -0.2) is 39.7 Å². The van der Waals surface area contributed by atoms with Crippen molar-refractivity contribution < 1.29 is 19.8 Å². The Labute approximate surface area is 155 Å². The van der Waals surface area contributed by atoms with Crippen molar-refractivity contribution in [2.45, 2.75) is 18.9 Å². The van der Waals surface area contributed by atoms with E-state index in [1.807, 2.05) is 42.5 Å². The molecule has 0 fully saturated rings. The highest BCUT2D eigenvalue weighted by atomic mass is 16.4. The fourth-order valence-corrected chi connectivity index (χ4v) is 2.83. The van der Waals surface area contributed by atoms with Gasteiger partial charge in [0.15, 0.2) is 0 Å². The summed E-state index contributed by atoms with van der Waals surface area (Å²) in [5, 5.41) is 21.3. The first kappa shape index (κ1) is 18.6. The molecule has 1 aromatic heterocycles. The van der Waals surface area contributed by atoms with Crippen molar-refractivity contribution in [3.05, 3.63) is 54.2 Å². The summed E-state index contributed by atoms with van der Waals surface area (Å²) >= 11 is 0. The van der Waals surface area contributed by atoms with E-state index in [-0.39, 0.29) is 6.42 Å². The SMILES string of the molecule is N[C@H](CO)C(=O)Nc1c[nH]c2cc(-c3ccc(CCC(=O)O)cc3)ccc12. The summed E-state index contributed by atoms with van der Waals surface area (Å²) in [4.78, 5) is 25.6. The number of aromatic nitrogens is 1. The highest BCUT2D eigenvalue weighted by molar-refractivity contribution is 6.04. The summed E-state index contributed by atoms with van der Waals surface area (Å²) in [5.41, 5.74) is 9.98. The fraction of sp³-hybridized carbons (Fsp3) is 0.200. The molecule has 0 unspecified atom stereocenters. The zero-order valence-corrected chi connectivity index (χ0v) is 14.6. The Hall–Kier alpha value is -3.16. The number of hydrogen-bond acceptors (Lipinski definition) is 4. The van der Waals surface area contributed by atoms with E-state index < -0.39 is 24.5 Å². The van der Waals surface area contributed by atoms with E-state index in [4.69, 9.17) is 15.9 Å². The number of aliphatic hydroxyl groups excluding tert-OH is 1. The van der Waals surface area contributed by atoms with Gasteiger partial charge in [-0.05, 0) is 29.2 Å². The quantitative estimate of drug-likeness (QED) is 0.437. The molecular formula is C20H21N3O4. The predicted octanol–water partition coefficient (Wildman–Crippen LogP) is 2.11. The number of rotatable bonds is 7. The molecule has 0 radical (unpaired) electrons. The summed E-state index contributed by atoms with van der Waals surface area (Å²) in [7, 11) is 0. The third-order valence-electron chi connectivity index (χ3n) is 4.39. The third-order valence-corrected chi connectivity index (χ3v) is 4.39. The molecule has 27 heavy (non-hydrogen) atoms. The van der Waals surface area contributed by atoms with Crippen molar-refractivity contribution >= 4 is 28.5 Å². The Morgan fingerprint density at radius 3 is 2.48 bits per heavy atom. The van der Waals surface area contributed by atoms with E-state index in [2.05, 4.69) is 10.3 Å². The Bertz CT molecular complexity index is 963. The molecule has 0 bridgehead atoms. The van der Waals surface area contributed by atoms with Crippen LogP contribution in [0.3, 0.4) is 0 Å². The van der Waals surface area contributed by atoms with Gasteiger partial charge in [0, 0.05) is 23.5 Å². The van der Waals surface area contributed by atoms with Crippen molar-refractivity contribution in [2.75, 3.05) is 11.9 Å². The summed E-state index contributed by atoms with van der Waals surface area (Å²) < 4.78 is 0. The average Bonchev–Trinajstić information content (AvgIpc) is 3.08. The second-order valence-electron chi connectivity index (χ2n) is 6.33. The number of aryl methyl sites for hydroxylation is 1. The van der Waals surface area contributed by atoms with Crippen molar-refractivity contribution in [1.29, 1.82) is 0 Å². The Kier molecular flexibility index (Phi) is 5.54. The van der Waals surface area contributed by atoms with Gasteiger partial charge in [-0.3, -0.25) is 9.59 Å². The van der Waals surface area contributed by atoms with Crippen molar-refractivity contribution in [2.24, 2.45) is 5.73 Å². The number of H-pyrrole nitrogens is 1. The first-order valence-corrected chi connectivity index (χ1v) is 8.57. The van der Waals surface area contributed by atoms with E-state index in [9.17, 15) is 9.59 Å². The van der Waals surface area contributed by atoms with Crippen LogP contribution in [0.1, 0.15) is 12.0 Å². The van der Waals surface area contributed by atoms with E-state index in [0.29, 0.717) is 12.1 Å². The number of benzene rings is 2. The number of carboxylic acids is 1. The molecule has 3 rings (SSSR count). The molecule has 0 aliphatic carbocycles. The van der Waals surface area contributed by atoms with Gasteiger partial charge in [-0.2, -0.15) is 0 Å². The van der Waals surface area contributed by atoms with Gasteiger partial charge in [0.1, 0.15) is 6.04 Å². The lowest BCUT2D eigenvalue weighted by Gasteiger charge is -2.09. The third kappa shape index (κ3) is 4.33. The molecular weight excluding hydrogens is 346 g/mol. The zero-order valence-electron chi connectivity index (χ0n) is 14.6. The van der Waals surface area contributed by atoms with Crippen molar-refractivity contribution in [1.82, 2.24) is 4.98 Å². The molecule has 3 aromatic rings. The van der Waals surface area contributed by atoms with Gasteiger partial charge in [-0.15, -0.1) is 0 Å². The van der Waals surface area contributed by atoms with E-state index in [0.717, 1.165) is 27.6 Å². The number of nitrogens with one attached hydrogen (secondary N) is 2. The Morgan fingerprint density at radius 1 is 1.11 bits per heavy atom. The van der Waals surface area contributed by atoms with Gasteiger partial charge in [0.25, 0.3) is 0 Å². The lowest BCUT2D eigenvalue weighted by Crippen LogP contribution is -2.38. The van der Waals surface area contributed by atoms with Gasteiger partial charge < -0.3 is 26.2 Å². The second-order valence-corrected chi connectivity index (χ2v) is 6.33. The number of fused-ring (bicyclic) bond motifs is 1. The number of carbonyl (C=O) groups is 2. The number of amides is 1. The molecule has 2 aromatic carbocycles. The van der Waals surface area contributed by atoms with Crippen LogP contribution in [0, 0.1) is 0 Å². The first-order valence-electron chi connectivity index (χ1n) is 8.57. The van der Waals surface area contributed by atoms with Crippen LogP contribution in [-0.2, 0) is 16.0 Å². The number of anilines is 1. The maximum absolute atomic E-state index is 11.9.